The summed E-state index contributed by atoms with van der Waals surface area (Å²) >= 11 is 0. The molecule has 0 unspecified atom stereocenters. The minimum Gasteiger partial charge on any atom is -0.381 e. The highest BCUT2D eigenvalue weighted by Gasteiger charge is 2.21. The predicted molar refractivity (Wildman–Crippen MR) is 78.8 cm³/mol. The van der Waals surface area contributed by atoms with E-state index in [1.54, 1.807) is 0 Å². The lowest BCUT2D eigenvalue weighted by molar-refractivity contribution is 0.193. The average molecular weight is 262 g/mol. The summed E-state index contributed by atoms with van der Waals surface area (Å²) in [4.78, 5) is 7.13. The summed E-state index contributed by atoms with van der Waals surface area (Å²) in [6, 6.07) is 4.48. The molecule has 1 atom stereocenters. The van der Waals surface area contributed by atoms with Crippen molar-refractivity contribution in [2.24, 2.45) is 0 Å². The van der Waals surface area contributed by atoms with Crippen molar-refractivity contribution in [2.75, 3.05) is 33.9 Å². The van der Waals surface area contributed by atoms with Crippen LogP contribution in [0.5, 0.6) is 0 Å². The van der Waals surface area contributed by atoms with Crippen LogP contribution in [0.1, 0.15) is 49.1 Å². The Morgan fingerprint density at radius 3 is 2.74 bits per heavy atom. The lowest BCUT2D eigenvalue weighted by atomic mass is 9.94. The molecule has 19 heavy (non-hydrogen) atoms. The van der Waals surface area contributed by atoms with Gasteiger partial charge in [0, 0.05) is 36.9 Å². The Kier molecular flexibility index (Phi) is 4.94. The molecular formula is C16H26N2O. The van der Waals surface area contributed by atoms with E-state index in [-0.39, 0.29) is 0 Å². The van der Waals surface area contributed by atoms with Gasteiger partial charge in [0.05, 0.1) is 6.61 Å². The molecule has 0 saturated carbocycles. The van der Waals surface area contributed by atoms with Crippen LogP contribution in [0.15, 0.2) is 12.1 Å². The Hall–Kier alpha value is -0.930. The number of aromatic nitrogens is 1. The molecule has 0 amide bonds. The summed E-state index contributed by atoms with van der Waals surface area (Å²) in [6.07, 6.45) is 2.16. The second-order valence-corrected chi connectivity index (χ2v) is 6.04. The molecule has 2 heterocycles. The highest BCUT2D eigenvalue weighted by molar-refractivity contribution is 5.29. The number of ether oxygens (including phenoxy) is 1. The summed E-state index contributed by atoms with van der Waals surface area (Å²) in [6.45, 7) is 7.21. The van der Waals surface area contributed by atoms with Crippen molar-refractivity contribution in [2.45, 2.75) is 38.5 Å². The van der Waals surface area contributed by atoms with Crippen LogP contribution in [-0.4, -0.2) is 43.7 Å². The molecule has 0 aliphatic carbocycles. The van der Waals surface area contributed by atoms with Crippen LogP contribution in [0, 0.1) is 0 Å². The van der Waals surface area contributed by atoms with Crippen molar-refractivity contribution in [1.82, 2.24) is 9.88 Å². The van der Waals surface area contributed by atoms with E-state index in [1.165, 1.54) is 17.0 Å². The van der Waals surface area contributed by atoms with Crippen LogP contribution in [-0.2, 0) is 11.2 Å². The first-order valence-electron chi connectivity index (χ1n) is 7.30. The Morgan fingerprint density at radius 2 is 2.16 bits per heavy atom. The largest absolute Gasteiger partial charge is 0.381 e. The van der Waals surface area contributed by atoms with Gasteiger partial charge in [0.1, 0.15) is 0 Å². The summed E-state index contributed by atoms with van der Waals surface area (Å²) in [5.74, 6) is 1.04. The molecular weight excluding hydrogens is 236 g/mol. The zero-order valence-electron chi connectivity index (χ0n) is 12.6. The van der Waals surface area contributed by atoms with Gasteiger partial charge in [-0.15, -0.1) is 0 Å². The normalized spacial score (nSPS) is 19.6. The van der Waals surface area contributed by atoms with Crippen LogP contribution in [0.25, 0.3) is 0 Å². The van der Waals surface area contributed by atoms with Crippen molar-refractivity contribution in [3.63, 3.8) is 0 Å². The molecule has 1 saturated heterocycles. The number of nitrogens with zero attached hydrogens (tertiary/aromatic N) is 2. The molecule has 1 aromatic heterocycles. The second-order valence-electron chi connectivity index (χ2n) is 6.04. The fourth-order valence-electron chi connectivity index (χ4n) is 2.53. The Balaban J connectivity index is 2.24. The van der Waals surface area contributed by atoms with Crippen molar-refractivity contribution in [3.8, 4) is 0 Å². The van der Waals surface area contributed by atoms with Gasteiger partial charge in [0.25, 0.3) is 0 Å². The van der Waals surface area contributed by atoms with Crippen LogP contribution in [0.2, 0.25) is 0 Å². The third-order valence-electron chi connectivity index (χ3n) is 3.79. The van der Waals surface area contributed by atoms with Crippen molar-refractivity contribution >= 4 is 0 Å². The molecule has 0 bridgehead atoms. The molecule has 1 fully saturated rings. The standard InChI is InChI=1S/C16H26N2O/c1-12(2)15-6-5-14(13-8-10-19-11-13)16(17-15)7-9-18(3)4/h5-6,12-13H,7-11H2,1-4H3/t13-/m1/s1. The number of rotatable bonds is 5. The third-order valence-corrected chi connectivity index (χ3v) is 3.79. The van der Waals surface area contributed by atoms with Crippen LogP contribution in [0.3, 0.4) is 0 Å². The van der Waals surface area contributed by atoms with Gasteiger partial charge in [-0.1, -0.05) is 19.9 Å². The molecule has 0 aromatic carbocycles. The maximum Gasteiger partial charge on any atom is 0.0536 e. The Labute approximate surface area is 117 Å². The van der Waals surface area contributed by atoms with Crippen LogP contribution < -0.4 is 0 Å². The molecule has 1 aliphatic rings. The van der Waals surface area contributed by atoms with Gasteiger partial charge in [-0.25, -0.2) is 0 Å². The van der Waals surface area contributed by atoms with E-state index in [4.69, 9.17) is 9.72 Å². The smallest absolute Gasteiger partial charge is 0.0536 e. The second kappa shape index (κ2) is 6.49. The van der Waals surface area contributed by atoms with E-state index < -0.39 is 0 Å². The van der Waals surface area contributed by atoms with E-state index in [0.29, 0.717) is 11.8 Å². The molecule has 0 spiro atoms. The molecule has 3 nitrogen and oxygen atoms in total. The zero-order valence-corrected chi connectivity index (χ0v) is 12.6. The van der Waals surface area contributed by atoms with Crippen LogP contribution >= 0.6 is 0 Å². The number of hydrogen-bond donors (Lipinski definition) is 0. The summed E-state index contributed by atoms with van der Waals surface area (Å²) < 4.78 is 5.53. The highest BCUT2D eigenvalue weighted by atomic mass is 16.5. The monoisotopic (exact) mass is 262 g/mol. The SMILES string of the molecule is CC(C)c1ccc([C@@H]2CCOC2)c(CCN(C)C)n1. The third kappa shape index (κ3) is 3.77. The maximum absolute atomic E-state index is 5.53. The summed E-state index contributed by atoms with van der Waals surface area (Å²) in [5.41, 5.74) is 3.88. The Morgan fingerprint density at radius 1 is 1.37 bits per heavy atom. The van der Waals surface area contributed by atoms with Crippen molar-refractivity contribution < 1.29 is 4.74 Å². The lowest BCUT2D eigenvalue weighted by Gasteiger charge is -2.17. The van der Waals surface area contributed by atoms with Gasteiger partial charge >= 0.3 is 0 Å². The highest BCUT2D eigenvalue weighted by Crippen LogP contribution is 2.28. The summed E-state index contributed by atoms with van der Waals surface area (Å²) in [5, 5.41) is 0. The quantitative estimate of drug-likeness (QED) is 0.816. The molecule has 1 aliphatic heterocycles. The fourth-order valence-corrected chi connectivity index (χ4v) is 2.53. The van der Waals surface area contributed by atoms with E-state index in [0.717, 1.165) is 32.6 Å². The van der Waals surface area contributed by atoms with Crippen molar-refractivity contribution in [3.05, 3.63) is 29.1 Å². The van der Waals surface area contributed by atoms with Gasteiger partial charge in [0.15, 0.2) is 0 Å². The van der Waals surface area contributed by atoms with Crippen LogP contribution in [0.4, 0.5) is 0 Å². The summed E-state index contributed by atoms with van der Waals surface area (Å²) in [7, 11) is 4.23. The minimum atomic E-state index is 0.493. The zero-order chi connectivity index (χ0) is 13.8. The molecule has 1 aromatic rings. The van der Waals surface area contributed by atoms with Gasteiger partial charge in [-0.05, 0) is 38.1 Å². The molecule has 0 radical (unpaired) electrons. The van der Waals surface area contributed by atoms with E-state index in [2.05, 4.69) is 45.0 Å². The molecule has 0 N–H and O–H groups in total. The van der Waals surface area contributed by atoms with Gasteiger partial charge in [0.2, 0.25) is 0 Å². The number of hydrogen-bond acceptors (Lipinski definition) is 3. The molecule has 3 heteroatoms. The van der Waals surface area contributed by atoms with E-state index >= 15 is 0 Å². The van der Waals surface area contributed by atoms with E-state index in [9.17, 15) is 0 Å². The molecule has 106 valence electrons. The predicted octanol–water partition coefficient (Wildman–Crippen LogP) is 2.81. The maximum atomic E-state index is 5.53. The number of pyridine rings is 1. The van der Waals surface area contributed by atoms with Gasteiger partial charge < -0.3 is 9.64 Å². The first-order chi connectivity index (χ1) is 9.08. The first kappa shape index (κ1) is 14.5. The Bertz CT molecular complexity index is 409. The van der Waals surface area contributed by atoms with Gasteiger partial charge in [-0.2, -0.15) is 0 Å². The van der Waals surface area contributed by atoms with Gasteiger partial charge in [-0.3, -0.25) is 4.98 Å². The topological polar surface area (TPSA) is 25.4 Å². The van der Waals surface area contributed by atoms with E-state index in [1.807, 2.05) is 0 Å². The average Bonchev–Trinajstić information content (AvgIpc) is 2.89. The lowest BCUT2D eigenvalue weighted by Crippen LogP contribution is -2.18. The van der Waals surface area contributed by atoms with Crippen molar-refractivity contribution in [1.29, 1.82) is 0 Å². The first-order valence-corrected chi connectivity index (χ1v) is 7.30. The molecule has 2 rings (SSSR count). The number of likely N-dealkylation sites (N-methyl/N-ethyl adjacent to an activating group) is 1. The fraction of sp³-hybridized carbons (Fsp3) is 0.688. The minimum absolute atomic E-state index is 0.493.